The number of aliphatic imine (C=N–C) groups is 1. The molecule has 0 aliphatic heterocycles. The van der Waals surface area contributed by atoms with Crippen LogP contribution in [0.5, 0.6) is 0 Å². The maximum Gasteiger partial charge on any atom is 0.210 e. The van der Waals surface area contributed by atoms with Crippen molar-refractivity contribution < 1.29 is 4.52 Å². The molecule has 0 rings (SSSR count). The topological polar surface area (TPSA) is 33.6 Å². The Kier molecular flexibility index (Phi) is 8.06. The van der Waals surface area contributed by atoms with E-state index < -0.39 is 5.62 Å². The summed E-state index contributed by atoms with van der Waals surface area (Å²) < 4.78 is 5.27. The van der Waals surface area contributed by atoms with Gasteiger partial charge in [-0.1, -0.05) is 18.3 Å². The van der Waals surface area contributed by atoms with Crippen LogP contribution in [0.3, 0.4) is 0 Å². The van der Waals surface area contributed by atoms with Gasteiger partial charge in [-0.3, -0.25) is 4.99 Å². The van der Waals surface area contributed by atoms with Crippen molar-refractivity contribution in [3.05, 3.63) is 0 Å². The van der Waals surface area contributed by atoms with Crippen molar-refractivity contribution in [3.63, 3.8) is 0 Å². The Morgan fingerprint density at radius 3 is 2.77 bits per heavy atom. The van der Waals surface area contributed by atoms with Crippen LogP contribution < -0.4 is 5.09 Å². The second-order valence-electron chi connectivity index (χ2n) is 2.27. The van der Waals surface area contributed by atoms with Crippen LogP contribution in [0.2, 0.25) is 0 Å². The van der Waals surface area contributed by atoms with Crippen molar-refractivity contribution >= 4 is 35.1 Å². The van der Waals surface area contributed by atoms with Gasteiger partial charge in [-0.05, 0) is 25.2 Å². The third-order valence-electron chi connectivity index (χ3n) is 1.20. The smallest absolute Gasteiger partial charge is 0.210 e. The highest BCUT2D eigenvalue weighted by atomic mass is 32.9. The fourth-order valence-electron chi connectivity index (χ4n) is 0.557. The van der Waals surface area contributed by atoms with Crippen molar-refractivity contribution in [3.8, 4) is 0 Å². The van der Waals surface area contributed by atoms with E-state index in [1.165, 1.54) is 0 Å². The molecule has 1 N–H and O–H groups in total. The summed E-state index contributed by atoms with van der Waals surface area (Å²) >= 11 is 7.01. The fraction of sp³-hybridized carbons (Fsp3) is 0.857. The van der Waals surface area contributed by atoms with E-state index in [1.807, 2.05) is 6.92 Å². The van der Waals surface area contributed by atoms with Gasteiger partial charge in [-0.25, -0.2) is 0 Å². The van der Waals surface area contributed by atoms with Gasteiger partial charge in [-0.15, -0.1) is 0 Å². The van der Waals surface area contributed by atoms with Gasteiger partial charge in [0, 0.05) is 19.4 Å². The van der Waals surface area contributed by atoms with Gasteiger partial charge in [-0.2, -0.15) is 0 Å². The zero-order chi connectivity index (χ0) is 10.2. The molecule has 0 aliphatic carbocycles. The first-order valence-electron chi connectivity index (χ1n) is 4.25. The first-order chi connectivity index (χ1) is 6.18. The van der Waals surface area contributed by atoms with Gasteiger partial charge >= 0.3 is 0 Å². The molecule has 0 aliphatic rings. The van der Waals surface area contributed by atoms with Crippen LogP contribution in [0.1, 0.15) is 20.3 Å². The Balaban J connectivity index is 3.96. The SMILES string of the molecule is CCCSP(=S)(NC=NCC)OC. The molecule has 0 aromatic heterocycles. The second kappa shape index (κ2) is 7.80. The van der Waals surface area contributed by atoms with Crippen molar-refractivity contribution in [2.45, 2.75) is 20.3 Å². The Bertz CT molecular complexity index is 199. The number of rotatable bonds is 7. The molecule has 3 nitrogen and oxygen atoms in total. The first kappa shape index (κ1) is 13.4. The molecule has 1 atom stereocenters. The lowest BCUT2D eigenvalue weighted by Gasteiger charge is -2.17. The molecule has 1 unspecified atom stereocenters. The Labute approximate surface area is 89.6 Å². The normalized spacial score (nSPS) is 15.9. The van der Waals surface area contributed by atoms with Crippen molar-refractivity contribution in [2.75, 3.05) is 19.4 Å². The lowest BCUT2D eigenvalue weighted by Crippen LogP contribution is -2.07. The zero-order valence-corrected chi connectivity index (χ0v) is 10.8. The molecule has 6 heteroatoms. The molecule has 0 aromatic carbocycles. The molecule has 0 saturated heterocycles. The van der Waals surface area contributed by atoms with Crippen LogP contribution in [0, 0.1) is 0 Å². The Hall–Kier alpha value is 0.430. The molecular formula is C7H17N2OPS2. The first-order valence-corrected chi connectivity index (χ1v) is 8.56. The summed E-state index contributed by atoms with van der Waals surface area (Å²) in [4.78, 5) is 4.04. The maximum absolute atomic E-state index is 5.33. The van der Waals surface area contributed by atoms with E-state index in [0.717, 1.165) is 18.7 Å². The molecule has 0 amide bonds. The quantitative estimate of drug-likeness (QED) is 0.421. The number of hydrogen-bond donors (Lipinski definition) is 1. The lowest BCUT2D eigenvalue weighted by atomic mass is 10.6. The van der Waals surface area contributed by atoms with Gasteiger partial charge in [0.15, 0.2) is 0 Å². The van der Waals surface area contributed by atoms with Crippen LogP contribution in [0.15, 0.2) is 4.99 Å². The van der Waals surface area contributed by atoms with E-state index in [1.54, 1.807) is 24.8 Å². The Morgan fingerprint density at radius 1 is 1.62 bits per heavy atom. The minimum atomic E-state index is -1.90. The summed E-state index contributed by atoms with van der Waals surface area (Å²) in [5, 5.41) is 3.06. The van der Waals surface area contributed by atoms with Crippen LogP contribution in [0.4, 0.5) is 0 Å². The zero-order valence-electron chi connectivity index (χ0n) is 8.32. The highest BCUT2D eigenvalue weighted by Gasteiger charge is 2.13. The lowest BCUT2D eigenvalue weighted by molar-refractivity contribution is 0.467. The van der Waals surface area contributed by atoms with E-state index in [0.29, 0.717) is 0 Å². The predicted molar refractivity (Wildman–Crippen MR) is 66.2 cm³/mol. The van der Waals surface area contributed by atoms with E-state index in [2.05, 4.69) is 17.0 Å². The van der Waals surface area contributed by atoms with Crippen molar-refractivity contribution in [2.24, 2.45) is 4.99 Å². The average molecular weight is 240 g/mol. The van der Waals surface area contributed by atoms with E-state index >= 15 is 0 Å². The number of nitrogens with one attached hydrogen (secondary N) is 1. The minimum absolute atomic E-state index is 0.768. The standard InChI is InChI=1S/C7H17N2OPS2/c1-4-6-13-11(12,10-3)9-7-8-5-2/h7H,4-6H2,1-3H3,(H,8,9,12). The van der Waals surface area contributed by atoms with Crippen LogP contribution in [-0.4, -0.2) is 25.7 Å². The summed E-state index contributed by atoms with van der Waals surface area (Å²) in [5.74, 6) is 1.03. The fourth-order valence-corrected chi connectivity index (χ4v) is 4.25. The van der Waals surface area contributed by atoms with Gasteiger partial charge in [0.25, 0.3) is 0 Å². The minimum Gasteiger partial charge on any atom is -0.330 e. The van der Waals surface area contributed by atoms with E-state index in [4.69, 9.17) is 16.3 Å². The molecule has 78 valence electrons. The summed E-state index contributed by atoms with van der Waals surface area (Å²) in [6, 6.07) is 0. The summed E-state index contributed by atoms with van der Waals surface area (Å²) in [5.41, 5.74) is -1.90. The molecule has 0 radical (unpaired) electrons. The summed E-state index contributed by atoms with van der Waals surface area (Å²) in [7, 11) is 1.65. The van der Waals surface area contributed by atoms with Gasteiger partial charge in [0.1, 0.15) is 0 Å². The number of nitrogens with zero attached hydrogens (tertiary/aromatic N) is 1. The number of hydrogen-bond acceptors (Lipinski definition) is 4. The van der Waals surface area contributed by atoms with Crippen molar-refractivity contribution in [1.29, 1.82) is 0 Å². The average Bonchev–Trinajstić information content (AvgIpc) is 2.15. The summed E-state index contributed by atoms with van der Waals surface area (Å²) in [6.45, 7) is 4.88. The molecular weight excluding hydrogens is 223 g/mol. The highest BCUT2D eigenvalue weighted by molar-refractivity contribution is 8.68. The predicted octanol–water partition coefficient (Wildman–Crippen LogP) is 2.64. The molecule has 0 spiro atoms. The third kappa shape index (κ3) is 6.49. The van der Waals surface area contributed by atoms with Gasteiger partial charge in [0.05, 0.1) is 6.34 Å². The molecule has 0 fully saturated rings. The summed E-state index contributed by atoms with van der Waals surface area (Å²) in [6.07, 6.45) is 2.77. The third-order valence-corrected chi connectivity index (χ3v) is 7.08. The largest absolute Gasteiger partial charge is 0.330 e. The van der Waals surface area contributed by atoms with Gasteiger partial charge in [0.2, 0.25) is 5.62 Å². The van der Waals surface area contributed by atoms with Gasteiger partial charge < -0.3 is 9.61 Å². The molecule has 13 heavy (non-hydrogen) atoms. The van der Waals surface area contributed by atoms with Crippen LogP contribution in [0.25, 0.3) is 0 Å². The van der Waals surface area contributed by atoms with Crippen molar-refractivity contribution in [1.82, 2.24) is 5.09 Å². The molecule has 0 bridgehead atoms. The van der Waals surface area contributed by atoms with Crippen LogP contribution in [-0.2, 0) is 16.3 Å². The molecule has 0 heterocycles. The van der Waals surface area contributed by atoms with Crippen LogP contribution >= 0.6 is 17.0 Å². The van der Waals surface area contributed by atoms with E-state index in [9.17, 15) is 0 Å². The monoisotopic (exact) mass is 240 g/mol. The molecule has 0 aromatic rings. The highest BCUT2D eigenvalue weighted by Crippen LogP contribution is 2.55. The van der Waals surface area contributed by atoms with E-state index in [-0.39, 0.29) is 0 Å². The maximum atomic E-state index is 5.33. The second-order valence-corrected chi connectivity index (χ2v) is 9.11. The molecule has 0 saturated carbocycles. The Morgan fingerprint density at radius 2 is 2.31 bits per heavy atom.